The zero-order valence-electron chi connectivity index (χ0n) is 17.6. The van der Waals surface area contributed by atoms with E-state index in [2.05, 4.69) is 22.2 Å². The van der Waals surface area contributed by atoms with Gasteiger partial charge in [-0.25, -0.2) is 9.97 Å². The Kier molecular flexibility index (Phi) is 7.14. The minimum absolute atomic E-state index is 0.131. The lowest BCUT2D eigenvalue weighted by molar-refractivity contribution is -0.120. The molecule has 0 unspecified atom stereocenters. The summed E-state index contributed by atoms with van der Waals surface area (Å²) in [6, 6.07) is 14.7. The number of pyridine rings is 1. The summed E-state index contributed by atoms with van der Waals surface area (Å²) in [4.78, 5) is 21.2. The fraction of sp³-hybridized carbons (Fsp3) is 0.208. The molecule has 0 bridgehead atoms. The van der Waals surface area contributed by atoms with E-state index in [1.54, 1.807) is 12.5 Å². The van der Waals surface area contributed by atoms with Gasteiger partial charge in [-0.1, -0.05) is 13.0 Å². The molecule has 0 aliphatic heterocycles. The van der Waals surface area contributed by atoms with E-state index in [0.29, 0.717) is 36.2 Å². The molecule has 1 aromatic carbocycles. The fourth-order valence-corrected chi connectivity index (χ4v) is 3.69. The van der Waals surface area contributed by atoms with Gasteiger partial charge in [-0.05, 0) is 48.9 Å². The van der Waals surface area contributed by atoms with Crippen LogP contribution in [0.3, 0.4) is 0 Å². The molecule has 4 rings (SSSR count). The Morgan fingerprint density at radius 1 is 1.12 bits per heavy atom. The minimum Gasteiger partial charge on any atom is -0.494 e. The van der Waals surface area contributed by atoms with E-state index in [1.807, 2.05) is 53.9 Å². The van der Waals surface area contributed by atoms with Gasteiger partial charge in [0, 0.05) is 23.7 Å². The van der Waals surface area contributed by atoms with Crippen molar-refractivity contribution in [2.75, 3.05) is 6.61 Å². The van der Waals surface area contributed by atoms with E-state index in [4.69, 9.17) is 13.9 Å². The summed E-state index contributed by atoms with van der Waals surface area (Å²) in [5, 5.41) is 5.53. The van der Waals surface area contributed by atoms with E-state index in [9.17, 15) is 4.79 Å². The van der Waals surface area contributed by atoms with Crippen LogP contribution in [0.2, 0.25) is 0 Å². The highest BCUT2D eigenvalue weighted by atomic mass is 32.1. The third-order valence-corrected chi connectivity index (χ3v) is 5.37. The van der Waals surface area contributed by atoms with E-state index in [-0.39, 0.29) is 12.3 Å². The topological polar surface area (TPSA) is 86.5 Å². The van der Waals surface area contributed by atoms with Crippen LogP contribution in [0.5, 0.6) is 17.4 Å². The highest BCUT2D eigenvalue weighted by Crippen LogP contribution is 2.26. The number of carbonyl (C=O) groups excluding carboxylic acids is 1. The highest BCUT2D eigenvalue weighted by Gasteiger charge is 2.12. The standard InChI is InChI=1S/C24H23N3O4S/c1-2-12-29-19-7-9-20(10-8-19)31-23-17(5-3-11-25-23)15-26-22(28)14-18-16-32-24(27-18)21-6-4-13-30-21/h3-11,13,16H,2,12,14-15H2,1H3,(H,26,28). The summed E-state index contributed by atoms with van der Waals surface area (Å²) in [6.07, 6.45) is 4.40. The number of furan rings is 1. The molecule has 4 aromatic rings. The van der Waals surface area contributed by atoms with Crippen LogP contribution in [0.15, 0.2) is 70.8 Å². The maximum Gasteiger partial charge on any atom is 0.226 e. The molecule has 0 fully saturated rings. The second-order valence-corrected chi connectivity index (χ2v) is 7.82. The lowest BCUT2D eigenvalue weighted by atomic mass is 10.2. The Hall–Kier alpha value is -3.65. The van der Waals surface area contributed by atoms with Gasteiger partial charge >= 0.3 is 0 Å². The molecular formula is C24H23N3O4S. The maximum atomic E-state index is 12.4. The highest BCUT2D eigenvalue weighted by molar-refractivity contribution is 7.13. The monoisotopic (exact) mass is 449 g/mol. The number of rotatable bonds is 10. The number of carbonyl (C=O) groups is 1. The SMILES string of the molecule is CCCOc1ccc(Oc2ncccc2CNC(=O)Cc2csc(-c3ccco3)n2)cc1. The molecule has 32 heavy (non-hydrogen) atoms. The van der Waals surface area contributed by atoms with Crippen molar-refractivity contribution in [2.24, 2.45) is 0 Å². The summed E-state index contributed by atoms with van der Waals surface area (Å²) in [5.41, 5.74) is 1.48. The van der Waals surface area contributed by atoms with Crippen LogP contribution in [0.1, 0.15) is 24.6 Å². The zero-order chi connectivity index (χ0) is 22.2. The van der Waals surface area contributed by atoms with Gasteiger partial charge in [-0.2, -0.15) is 0 Å². The van der Waals surface area contributed by atoms with Gasteiger partial charge in [0.2, 0.25) is 11.8 Å². The normalized spacial score (nSPS) is 10.7. The molecule has 0 saturated carbocycles. The third kappa shape index (κ3) is 5.73. The van der Waals surface area contributed by atoms with Crippen molar-refractivity contribution in [2.45, 2.75) is 26.3 Å². The summed E-state index contributed by atoms with van der Waals surface area (Å²) in [6.45, 7) is 3.04. The molecule has 0 spiro atoms. The number of hydrogen-bond donors (Lipinski definition) is 1. The van der Waals surface area contributed by atoms with Gasteiger partial charge in [0.1, 0.15) is 11.5 Å². The Bertz CT molecular complexity index is 1140. The first-order chi connectivity index (χ1) is 15.7. The number of amides is 1. The van der Waals surface area contributed by atoms with Crippen molar-refractivity contribution in [1.82, 2.24) is 15.3 Å². The minimum atomic E-state index is -0.131. The Labute approximate surface area is 190 Å². The molecule has 3 aromatic heterocycles. The Balaban J connectivity index is 1.33. The van der Waals surface area contributed by atoms with Crippen molar-refractivity contribution in [3.8, 4) is 28.1 Å². The predicted molar refractivity (Wildman–Crippen MR) is 122 cm³/mol. The molecule has 8 heteroatoms. The van der Waals surface area contributed by atoms with Gasteiger partial charge in [0.05, 0.1) is 25.0 Å². The molecule has 0 saturated heterocycles. The smallest absolute Gasteiger partial charge is 0.226 e. The predicted octanol–water partition coefficient (Wildman–Crippen LogP) is 5.24. The second kappa shape index (κ2) is 10.6. The van der Waals surface area contributed by atoms with E-state index in [1.165, 1.54) is 11.3 Å². The molecule has 164 valence electrons. The number of thiazole rings is 1. The average Bonchev–Trinajstić information content (AvgIpc) is 3.50. The summed E-state index contributed by atoms with van der Waals surface area (Å²) in [7, 11) is 0. The van der Waals surface area contributed by atoms with Crippen LogP contribution >= 0.6 is 11.3 Å². The average molecular weight is 450 g/mol. The largest absolute Gasteiger partial charge is 0.494 e. The first-order valence-electron chi connectivity index (χ1n) is 10.3. The van der Waals surface area contributed by atoms with Crippen molar-refractivity contribution in [3.05, 3.63) is 77.6 Å². The molecule has 7 nitrogen and oxygen atoms in total. The lowest BCUT2D eigenvalue weighted by Crippen LogP contribution is -2.25. The first-order valence-corrected chi connectivity index (χ1v) is 11.2. The van der Waals surface area contributed by atoms with Gasteiger partial charge in [-0.15, -0.1) is 11.3 Å². The summed E-state index contributed by atoms with van der Waals surface area (Å²) < 4.78 is 16.9. The van der Waals surface area contributed by atoms with Crippen LogP contribution < -0.4 is 14.8 Å². The molecule has 1 amide bonds. The molecule has 0 aliphatic rings. The molecule has 1 N–H and O–H groups in total. The van der Waals surface area contributed by atoms with Gasteiger partial charge in [0.25, 0.3) is 0 Å². The van der Waals surface area contributed by atoms with E-state index < -0.39 is 0 Å². The van der Waals surface area contributed by atoms with E-state index in [0.717, 1.165) is 22.7 Å². The van der Waals surface area contributed by atoms with E-state index >= 15 is 0 Å². The maximum absolute atomic E-state index is 12.4. The van der Waals surface area contributed by atoms with Gasteiger partial charge in [0.15, 0.2) is 10.8 Å². The van der Waals surface area contributed by atoms with Crippen LogP contribution in [0.25, 0.3) is 10.8 Å². The van der Waals surface area contributed by atoms with Gasteiger partial charge < -0.3 is 19.2 Å². The van der Waals surface area contributed by atoms with Crippen molar-refractivity contribution < 1.29 is 18.7 Å². The summed E-state index contributed by atoms with van der Waals surface area (Å²) in [5.74, 6) is 2.46. The number of hydrogen-bond acceptors (Lipinski definition) is 7. The van der Waals surface area contributed by atoms with Crippen LogP contribution in [0.4, 0.5) is 0 Å². The zero-order valence-corrected chi connectivity index (χ0v) is 18.4. The fourth-order valence-electron chi connectivity index (χ4n) is 2.91. The number of benzene rings is 1. The quantitative estimate of drug-likeness (QED) is 0.356. The molecule has 0 aliphatic carbocycles. The number of nitrogens with zero attached hydrogens (tertiary/aromatic N) is 2. The van der Waals surface area contributed by atoms with Crippen LogP contribution in [0, 0.1) is 0 Å². The number of aromatic nitrogens is 2. The van der Waals surface area contributed by atoms with Crippen LogP contribution in [-0.4, -0.2) is 22.5 Å². The lowest BCUT2D eigenvalue weighted by Gasteiger charge is -2.11. The van der Waals surface area contributed by atoms with Crippen molar-refractivity contribution in [3.63, 3.8) is 0 Å². The van der Waals surface area contributed by atoms with Crippen molar-refractivity contribution >= 4 is 17.2 Å². The van der Waals surface area contributed by atoms with Crippen LogP contribution in [-0.2, 0) is 17.8 Å². The molecule has 3 heterocycles. The Morgan fingerprint density at radius 2 is 1.97 bits per heavy atom. The third-order valence-electron chi connectivity index (χ3n) is 4.46. The number of ether oxygens (including phenoxy) is 2. The molecular weight excluding hydrogens is 426 g/mol. The number of nitrogens with one attached hydrogen (secondary N) is 1. The summed E-state index contributed by atoms with van der Waals surface area (Å²) >= 11 is 1.45. The molecule has 0 atom stereocenters. The molecule has 0 radical (unpaired) electrons. The van der Waals surface area contributed by atoms with Gasteiger partial charge in [-0.3, -0.25) is 4.79 Å². The second-order valence-electron chi connectivity index (χ2n) is 6.96. The van der Waals surface area contributed by atoms with Crippen molar-refractivity contribution in [1.29, 1.82) is 0 Å². The Morgan fingerprint density at radius 3 is 2.75 bits per heavy atom. The first kappa shape index (κ1) is 21.6.